The van der Waals surface area contributed by atoms with Crippen LogP contribution in [-0.4, -0.2) is 23.0 Å². The Morgan fingerprint density at radius 3 is 2.50 bits per heavy atom. The number of aromatic nitrogens is 1. The van der Waals surface area contributed by atoms with Gasteiger partial charge in [0.1, 0.15) is 17.5 Å². The number of nitrogen functional groups attached to an aromatic ring is 1. The fourth-order valence-electron chi connectivity index (χ4n) is 2.74. The largest absolute Gasteiger partial charge is 0.465 e. The summed E-state index contributed by atoms with van der Waals surface area (Å²) in [5, 5.41) is 20.5. The standard InChI is InChI=1S/C20H14N4O4/c1-28-20(25)13-7-5-12(6-8-13)16-10-18(23-19(22)17(16)11-21)14-3-2-4-15(9-14)24(26)27/h2-10H,1H3,(H2,22,23). The Hall–Kier alpha value is -4.25. The van der Waals surface area contributed by atoms with Gasteiger partial charge in [0, 0.05) is 23.3 Å². The van der Waals surface area contributed by atoms with Gasteiger partial charge in [0.25, 0.3) is 5.69 Å². The van der Waals surface area contributed by atoms with Crippen LogP contribution in [0.15, 0.2) is 54.6 Å². The van der Waals surface area contributed by atoms with Gasteiger partial charge in [-0.15, -0.1) is 0 Å². The molecule has 0 atom stereocenters. The number of benzene rings is 2. The van der Waals surface area contributed by atoms with E-state index in [-0.39, 0.29) is 17.1 Å². The molecule has 28 heavy (non-hydrogen) atoms. The summed E-state index contributed by atoms with van der Waals surface area (Å²) in [5.41, 5.74) is 8.48. The highest BCUT2D eigenvalue weighted by Gasteiger charge is 2.16. The van der Waals surface area contributed by atoms with Crippen molar-refractivity contribution in [3.63, 3.8) is 0 Å². The fourth-order valence-corrected chi connectivity index (χ4v) is 2.74. The number of esters is 1. The van der Waals surface area contributed by atoms with Gasteiger partial charge in [0.2, 0.25) is 0 Å². The van der Waals surface area contributed by atoms with Crippen molar-refractivity contribution in [3.8, 4) is 28.5 Å². The van der Waals surface area contributed by atoms with Crippen molar-refractivity contribution in [2.75, 3.05) is 12.8 Å². The minimum atomic E-state index is -0.497. The molecule has 0 saturated heterocycles. The van der Waals surface area contributed by atoms with Crippen LogP contribution in [0.1, 0.15) is 15.9 Å². The van der Waals surface area contributed by atoms with Crippen LogP contribution < -0.4 is 5.73 Å². The number of hydrogen-bond acceptors (Lipinski definition) is 7. The Kier molecular flexibility index (Phi) is 5.00. The van der Waals surface area contributed by atoms with Crippen LogP contribution >= 0.6 is 0 Å². The molecule has 0 amide bonds. The summed E-state index contributed by atoms with van der Waals surface area (Å²) in [6, 6.07) is 16.1. The molecule has 0 aliphatic heterocycles. The van der Waals surface area contributed by atoms with Gasteiger partial charge in [-0.3, -0.25) is 10.1 Å². The van der Waals surface area contributed by atoms with Gasteiger partial charge in [-0.1, -0.05) is 24.3 Å². The molecule has 0 aliphatic carbocycles. The molecular formula is C20H14N4O4. The summed E-state index contributed by atoms with van der Waals surface area (Å²) in [7, 11) is 1.29. The second kappa shape index (κ2) is 7.55. The summed E-state index contributed by atoms with van der Waals surface area (Å²) in [6.45, 7) is 0. The third kappa shape index (κ3) is 3.50. The van der Waals surface area contributed by atoms with E-state index < -0.39 is 10.9 Å². The maximum Gasteiger partial charge on any atom is 0.337 e. The molecule has 0 bridgehead atoms. The third-order valence-corrected chi connectivity index (χ3v) is 4.13. The van der Waals surface area contributed by atoms with E-state index in [1.165, 1.54) is 19.2 Å². The molecule has 8 heteroatoms. The van der Waals surface area contributed by atoms with Gasteiger partial charge in [-0.05, 0) is 23.8 Å². The molecular weight excluding hydrogens is 360 g/mol. The number of anilines is 1. The SMILES string of the molecule is COC(=O)c1ccc(-c2cc(-c3cccc([N+](=O)[O-])c3)nc(N)c2C#N)cc1. The van der Waals surface area contributed by atoms with Crippen LogP contribution in [0, 0.1) is 21.4 Å². The predicted molar refractivity (Wildman–Crippen MR) is 102 cm³/mol. The van der Waals surface area contributed by atoms with Crippen molar-refractivity contribution in [2.24, 2.45) is 0 Å². The normalized spacial score (nSPS) is 10.1. The first kappa shape index (κ1) is 18.5. The van der Waals surface area contributed by atoms with Gasteiger partial charge < -0.3 is 10.5 Å². The van der Waals surface area contributed by atoms with Crippen LogP contribution in [0.3, 0.4) is 0 Å². The summed E-state index contributed by atoms with van der Waals surface area (Å²) < 4.78 is 4.68. The molecule has 0 aliphatic rings. The number of carbonyl (C=O) groups is 1. The monoisotopic (exact) mass is 374 g/mol. The zero-order valence-electron chi connectivity index (χ0n) is 14.7. The molecule has 3 aromatic rings. The average Bonchev–Trinajstić information content (AvgIpc) is 2.72. The molecule has 2 N–H and O–H groups in total. The van der Waals surface area contributed by atoms with Crippen LogP contribution in [0.5, 0.6) is 0 Å². The Labute approximate surface area is 160 Å². The molecule has 0 unspecified atom stereocenters. The lowest BCUT2D eigenvalue weighted by Gasteiger charge is -2.11. The van der Waals surface area contributed by atoms with Gasteiger partial charge in [0.05, 0.1) is 23.3 Å². The lowest BCUT2D eigenvalue weighted by atomic mass is 9.97. The second-order valence-electron chi connectivity index (χ2n) is 5.80. The molecule has 8 nitrogen and oxygen atoms in total. The highest BCUT2D eigenvalue weighted by Crippen LogP contribution is 2.32. The summed E-state index contributed by atoms with van der Waals surface area (Å²) in [4.78, 5) is 26.4. The van der Waals surface area contributed by atoms with Crippen LogP contribution in [-0.2, 0) is 4.74 Å². The Bertz CT molecular complexity index is 1120. The summed E-state index contributed by atoms with van der Waals surface area (Å²) in [6.07, 6.45) is 0. The Morgan fingerprint density at radius 1 is 1.18 bits per heavy atom. The number of methoxy groups -OCH3 is 1. The number of carbonyl (C=O) groups excluding carboxylic acids is 1. The number of non-ortho nitro benzene ring substituents is 1. The number of ether oxygens (including phenoxy) is 1. The first-order valence-corrected chi connectivity index (χ1v) is 8.08. The first-order valence-electron chi connectivity index (χ1n) is 8.08. The fraction of sp³-hybridized carbons (Fsp3) is 0.0500. The molecule has 0 fully saturated rings. The molecule has 138 valence electrons. The number of pyridine rings is 1. The molecule has 1 heterocycles. The molecule has 1 aromatic heterocycles. The summed E-state index contributed by atoms with van der Waals surface area (Å²) >= 11 is 0. The van der Waals surface area contributed by atoms with Crippen molar-refractivity contribution >= 4 is 17.5 Å². The smallest absolute Gasteiger partial charge is 0.337 e. The zero-order valence-corrected chi connectivity index (χ0v) is 14.7. The number of rotatable bonds is 4. The van der Waals surface area contributed by atoms with Crippen molar-refractivity contribution < 1.29 is 14.5 Å². The highest BCUT2D eigenvalue weighted by molar-refractivity contribution is 5.90. The zero-order chi connectivity index (χ0) is 20.3. The number of hydrogen-bond donors (Lipinski definition) is 1. The van der Waals surface area contributed by atoms with Gasteiger partial charge >= 0.3 is 5.97 Å². The van der Waals surface area contributed by atoms with Crippen molar-refractivity contribution in [3.05, 3.63) is 75.8 Å². The first-order chi connectivity index (χ1) is 13.4. The number of nitriles is 1. The van der Waals surface area contributed by atoms with E-state index in [0.29, 0.717) is 27.9 Å². The molecule has 3 rings (SSSR count). The third-order valence-electron chi connectivity index (χ3n) is 4.13. The molecule has 0 spiro atoms. The number of nitrogens with two attached hydrogens (primary N) is 1. The second-order valence-corrected chi connectivity index (χ2v) is 5.80. The quantitative estimate of drug-likeness (QED) is 0.419. The van der Waals surface area contributed by atoms with Gasteiger partial charge in [-0.25, -0.2) is 9.78 Å². The Balaban J connectivity index is 2.14. The number of nitro groups is 1. The van der Waals surface area contributed by atoms with Crippen molar-refractivity contribution in [1.29, 1.82) is 5.26 Å². The minimum absolute atomic E-state index is 0.0125. The van der Waals surface area contributed by atoms with E-state index in [1.54, 1.807) is 42.5 Å². The van der Waals surface area contributed by atoms with Crippen molar-refractivity contribution in [2.45, 2.75) is 0 Å². The maximum absolute atomic E-state index is 11.6. The van der Waals surface area contributed by atoms with Crippen molar-refractivity contribution in [1.82, 2.24) is 4.98 Å². The number of nitro benzene ring substituents is 1. The van der Waals surface area contributed by atoms with E-state index >= 15 is 0 Å². The van der Waals surface area contributed by atoms with E-state index in [4.69, 9.17) is 5.73 Å². The average molecular weight is 374 g/mol. The Morgan fingerprint density at radius 2 is 1.89 bits per heavy atom. The van der Waals surface area contributed by atoms with Gasteiger partial charge in [0.15, 0.2) is 0 Å². The van der Waals surface area contributed by atoms with E-state index in [9.17, 15) is 20.2 Å². The summed E-state index contributed by atoms with van der Waals surface area (Å²) in [5.74, 6) is -0.461. The lowest BCUT2D eigenvalue weighted by molar-refractivity contribution is -0.384. The van der Waals surface area contributed by atoms with Gasteiger partial charge in [-0.2, -0.15) is 5.26 Å². The van der Waals surface area contributed by atoms with E-state index in [2.05, 4.69) is 9.72 Å². The molecule has 2 aromatic carbocycles. The minimum Gasteiger partial charge on any atom is -0.465 e. The lowest BCUT2D eigenvalue weighted by Crippen LogP contribution is -2.02. The highest BCUT2D eigenvalue weighted by atomic mass is 16.6. The van der Waals surface area contributed by atoms with E-state index in [0.717, 1.165) is 0 Å². The van der Waals surface area contributed by atoms with Crippen LogP contribution in [0.25, 0.3) is 22.4 Å². The maximum atomic E-state index is 11.6. The van der Waals surface area contributed by atoms with Crippen LogP contribution in [0.2, 0.25) is 0 Å². The number of nitrogens with zero attached hydrogens (tertiary/aromatic N) is 3. The van der Waals surface area contributed by atoms with Crippen LogP contribution in [0.4, 0.5) is 11.5 Å². The predicted octanol–water partition coefficient (Wildman–Crippen LogP) is 3.56. The van der Waals surface area contributed by atoms with E-state index in [1.807, 2.05) is 6.07 Å². The molecule has 0 saturated carbocycles. The molecule has 0 radical (unpaired) electrons. The topological polar surface area (TPSA) is 132 Å².